The number of methoxy groups -OCH3 is 1. The second-order valence-corrected chi connectivity index (χ2v) is 12.7. The molecule has 1 atom stereocenters. The van der Waals surface area contributed by atoms with Crippen molar-refractivity contribution in [3.8, 4) is 0 Å². The Morgan fingerprint density at radius 1 is 0.885 bits per heavy atom. The maximum absolute atomic E-state index is 11.0. The Balaban J connectivity index is 3.50. The lowest BCUT2D eigenvalue weighted by molar-refractivity contribution is -0.140. The number of ether oxygens (including phenoxy) is 1. The van der Waals surface area contributed by atoms with Crippen LogP contribution in [-0.4, -0.2) is 27.5 Å². The van der Waals surface area contributed by atoms with E-state index in [0.717, 1.165) is 12.8 Å². The van der Waals surface area contributed by atoms with E-state index in [4.69, 9.17) is 4.43 Å². The number of hydrogen-bond acceptors (Lipinski definition) is 3. The quantitative estimate of drug-likeness (QED) is 0.117. The van der Waals surface area contributed by atoms with Crippen LogP contribution in [0.5, 0.6) is 0 Å². The van der Waals surface area contributed by atoms with E-state index in [9.17, 15) is 4.79 Å². The number of esters is 1. The van der Waals surface area contributed by atoms with E-state index >= 15 is 0 Å². The third kappa shape index (κ3) is 18.2. The first-order valence-corrected chi connectivity index (χ1v) is 14.2. The van der Waals surface area contributed by atoms with Gasteiger partial charge in [0.2, 0.25) is 0 Å². The van der Waals surface area contributed by atoms with Gasteiger partial charge in [0, 0.05) is 12.5 Å². The molecule has 154 valence electrons. The summed E-state index contributed by atoms with van der Waals surface area (Å²) in [6, 6.07) is 0. The van der Waals surface area contributed by atoms with Crippen molar-refractivity contribution in [2.24, 2.45) is 0 Å². The van der Waals surface area contributed by atoms with Crippen molar-refractivity contribution in [2.45, 2.75) is 116 Å². The standard InChI is InChI=1S/C22H44O3Si/c1-6-18-21(25-26(3,4)5)19-16-14-12-10-8-7-9-11-13-15-17-20-22(23)24-2/h8,10,21H,6-7,9,11-20H2,1-5H3/b10-8+. The molecule has 4 heteroatoms. The Kier molecular flexibility index (Phi) is 16.2. The molecule has 0 saturated carbocycles. The molecule has 26 heavy (non-hydrogen) atoms. The summed E-state index contributed by atoms with van der Waals surface area (Å²) in [6.45, 7) is 9.12. The molecule has 0 aliphatic rings. The molecule has 3 nitrogen and oxygen atoms in total. The monoisotopic (exact) mass is 384 g/mol. The molecule has 0 bridgehead atoms. The molecule has 0 N–H and O–H groups in total. The maximum Gasteiger partial charge on any atom is 0.305 e. The summed E-state index contributed by atoms with van der Waals surface area (Å²) in [5, 5.41) is 0. The molecule has 0 aliphatic carbocycles. The molecular formula is C22H44O3Si. The van der Waals surface area contributed by atoms with Gasteiger partial charge in [-0.2, -0.15) is 0 Å². The van der Waals surface area contributed by atoms with Gasteiger partial charge in [-0.3, -0.25) is 4.79 Å². The van der Waals surface area contributed by atoms with Crippen LogP contribution in [0.3, 0.4) is 0 Å². The van der Waals surface area contributed by atoms with Gasteiger partial charge in [0.1, 0.15) is 0 Å². The highest BCUT2D eigenvalue weighted by atomic mass is 28.4. The van der Waals surface area contributed by atoms with Crippen LogP contribution in [0, 0.1) is 0 Å². The van der Waals surface area contributed by atoms with Gasteiger partial charge in [-0.15, -0.1) is 0 Å². The minimum absolute atomic E-state index is 0.0824. The Hall–Kier alpha value is -0.613. The van der Waals surface area contributed by atoms with E-state index < -0.39 is 8.32 Å². The van der Waals surface area contributed by atoms with E-state index in [1.807, 2.05) is 0 Å². The van der Waals surface area contributed by atoms with Crippen molar-refractivity contribution in [2.75, 3.05) is 7.11 Å². The second kappa shape index (κ2) is 16.6. The van der Waals surface area contributed by atoms with Gasteiger partial charge >= 0.3 is 5.97 Å². The molecular weight excluding hydrogens is 340 g/mol. The smallest absolute Gasteiger partial charge is 0.305 e. The van der Waals surface area contributed by atoms with Crippen LogP contribution in [0.25, 0.3) is 0 Å². The predicted molar refractivity (Wildman–Crippen MR) is 115 cm³/mol. The highest BCUT2D eigenvalue weighted by molar-refractivity contribution is 6.69. The average Bonchev–Trinajstić information content (AvgIpc) is 2.57. The lowest BCUT2D eigenvalue weighted by atomic mass is 10.1. The molecule has 0 rings (SSSR count). The minimum atomic E-state index is -1.40. The fourth-order valence-electron chi connectivity index (χ4n) is 3.12. The van der Waals surface area contributed by atoms with Gasteiger partial charge in [-0.25, -0.2) is 0 Å². The lowest BCUT2D eigenvalue weighted by Gasteiger charge is -2.26. The van der Waals surface area contributed by atoms with Crippen molar-refractivity contribution in [1.29, 1.82) is 0 Å². The van der Waals surface area contributed by atoms with Gasteiger partial charge in [-0.05, 0) is 64.6 Å². The van der Waals surface area contributed by atoms with Gasteiger partial charge in [0.05, 0.1) is 7.11 Å². The molecule has 0 spiro atoms. The summed E-state index contributed by atoms with van der Waals surface area (Å²) in [7, 11) is 0.0529. The van der Waals surface area contributed by atoms with Crippen LogP contribution >= 0.6 is 0 Å². The normalized spacial score (nSPS) is 13.3. The summed E-state index contributed by atoms with van der Waals surface area (Å²) in [5.74, 6) is -0.0824. The zero-order valence-electron chi connectivity index (χ0n) is 18.1. The van der Waals surface area contributed by atoms with Crippen molar-refractivity contribution < 1.29 is 14.0 Å². The number of allylic oxidation sites excluding steroid dienone is 2. The number of hydrogen-bond donors (Lipinski definition) is 0. The van der Waals surface area contributed by atoms with Gasteiger partial charge in [0.15, 0.2) is 8.32 Å². The first-order valence-electron chi connectivity index (χ1n) is 10.8. The summed E-state index contributed by atoms with van der Waals surface area (Å²) < 4.78 is 10.9. The molecule has 1 unspecified atom stereocenters. The summed E-state index contributed by atoms with van der Waals surface area (Å²) in [5.41, 5.74) is 0. The highest BCUT2D eigenvalue weighted by Gasteiger charge is 2.20. The molecule has 0 fully saturated rings. The topological polar surface area (TPSA) is 35.5 Å². The fraction of sp³-hybridized carbons (Fsp3) is 0.864. The van der Waals surface area contributed by atoms with Gasteiger partial charge < -0.3 is 9.16 Å². The van der Waals surface area contributed by atoms with E-state index in [0.29, 0.717) is 12.5 Å². The van der Waals surface area contributed by atoms with Gasteiger partial charge in [-0.1, -0.05) is 51.2 Å². The molecule has 0 aromatic rings. The van der Waals surface area contributed by atoms with Crippen LogP contribution in [0.2, 0.25) is 19.6 Å². The zero-order chi connectivity index (χ0) is 19.7. The molecule has 0 heterocycles. The third-order valence-electron chi connectivity index (χ3n) is 4.42. The second-order valence-electron chi connectivity index (χ2n) is 8.28. The van der Waals surface area contributed by atoms with Crippen LogP contribution in [0.15, 0.2) is 12.2 Å². The summed E-state index contributed by atoms with van der Waals surface area (Å²) in [4.78, 5) is 11.0. The molecule has 0 saturated heterocycles. The van der Waals surface area contributed by atoms with Crippen LogP contribution in [0.4, 0.5) is 0 Å². The van der Waals surface area contributed by atoms with E-state index in [2.05, 4.69) is 43.5 Å². The van der Waals surface area contributed by atoms with E-state index in [-0.39, 0.29) is 5.97 Å². The first-order chi connectivity index (χ1) is 12.4. The molecule has 0 radical (unpaired) electrons. The van der Waals surface area contributed by atoms with Crippen LogP contribution in [0.1, 0.15) is 90.4 Å². The highest BCUT2D eigenvalue weighted by Crippen LogP contribution is 2.17. The van der Waals surface area contributed by atoms with Crippen molar-refractivity contribution in [3.05, 3.63) is 12.2 Å². The first kappa shape index (κ1) is 25.4. The third-order valence-corrected chi connectivity index (χ3v) is 5.46. The Morgan fingerprint density at radius 3 is 2.04 bits per heavy atom. The maximum atomic E-state index is 11.0. The van der Waals surface area contributed by atoms with Crippen molar-refractivity contribution in [1.82, 2.24) is 0 Å². The fourth-order valence-corrected chi connectivity index (χ4v) is 4.35. The Labute approximate surface area is 164 Å². The average molecular weight is 385 g/mol. The van der Waals surface area contributed by atoms with E-state index in [1.165, 1.54) is 71.3 Å². The molecule has 0 aromatic carbocycles. The molecule has 0 aliphatic heterocycles. The summed E-state index contributed by atoms with van der Waals surface area (Å²) in [6.07, 6.45) is 20.2. The van der Waals surface area contributed by atoms with Crippen molar-refractivity contribution >= 4 is 14.3 Å². The number of unbranched alkanes of at least 4 members (excludes halogenated alkanes) is 7. The number of carbonyl (C=O) groups excluding carboxylic acids is 1. The number of rotatable bonds is 17. The number of carbonyl (C=O) groups is 1. The van der Waals surface area contributed by atoms with Crippen LogP contribution < -0.4 is 0 Å². The Morgan fingerprint density at radius 2 is 1.46 bits per heavy atom. The lowest BCUT2D eigenvalue weighted by Crippen LogP contribution is -2.32. The largest absolute Gasteiger partial charge is 0.469 e. The van der Waals surface area contributed by atoms with Crippen molar-refractivity contribution in [3.63, 3.8) is 0 Å². The molecule has 0 aromatic heterocycles. The Bertz CT molecular complexity index is 361. The summed E-state index contributed by atoms with van der Waals surface area (Å²) >= 11 is 0. The van der Waals surface area contributed by atoms with Crippen LogP contribution in [-0.2, 0) is 14.0 Å². The van der Waals surface area contributed by atoms with Gasteiger partial charge in [0.25, 0.3) is 0 Å². The SMILES string of the molecule is CCCC(CCCC/C=C/CCCCCCCC(=O)OC)O[Si](C)(C)C. The molecule has 0 amide bonds. The van der Waals surface area contributed by atoms with E-state index in [1.54, 1.807) is 0 Å². The zero-order valence-corrected chi connectivity index (χ0v) is 19.1. The minimum Gasteiger partial charge on any atom is -0.469 e. The predicted octanol–water partition coefficient (Wildman–Crippen LogP) is 7.03.